The normalized spacial score (nSPS) is 12.7. The SMILES string of the molecule is CC[C@H](NP(=O)(c1ccccc1)c1ccccc1)c1cccc(C)c1. The quantitative estimate of drug-likeness (QED) is 0.637. The van der Waals surface area contributed by atoms with E-state index in [2.05, 4.69) is 43.2 Å². The molecule has 0 amide bonds. The van der Waals surface area contributed by atoms with Gasteiger partial charge in [-0.2, -0.15) is 0 Å². The maximum atomic E-state index is 14.1. The average molecular weight is 349 g/mol. The zero-order valence-electron chi connectivity index (χ0n) is 14.7. The lowest BCUT2D eigenvalue weighted by Gasteiger charge is -2.27. The third kappa shape index (κ3) is 3.92. The van der Waals surface area contributed by atoms with E-state index in [0.29, 0.717) is 0 Å². The summed E-state index contributed by atoms with van der Waals surface area (Å²) in [5, 5.41) is 5.19. The molecule has 0 unspecified atom stereocenters. The number of rotatable bonds is 6. The van der Waals surface area contributed by atoms with E-state index in [4.69, 9.17) is 0 Å². The Morgan fingerprint density at radius 2 is 1.40 bits per heavy atom. The van der Waals surface area contributed by atoms with Crippen LogP contribution in [0, 0.1) is 6.92 Å². The molecule has 0 saturated heterocycles. The molecule has 2 nitrogen and oxygen atoms in total. The minimum Gasteiger partial charge on any atom is -0.297 e. The maximum absolute atomic E-state index is 14.1. The van der Waals surface area contributed by atoms with Crippen LogP contribution in [0.15, 0.2) is 84.9 Å². The molecule has 3 heteroatoms. The van der Waals surface area contributed by atoms with Gasteiger partial charge in [-0.15, -0.1) is 0 Å². The highest BCUT2D eigenvalue weighted by molar-refractivity contribution is 7.76. The van der Waals surface area contributed by atoms with Gasteiger partial charge in [-0.3, -0.25) is 9.65 Å². The second kappa shape index (κ2) is 7.82. The molecule has 0 aromatic heterocycles. The van der Waals surface area contributed by atoms with Crippen molar-refractivity contribution >= 4 is 17.9 Å². The van der Waals surface area contributed by atoms with Crippen molar-refractivity contribution < 1.29 is 4.57 Å². The Labute approximate surface area is 150 Å². The van der Waals surface area contributed by atoms with Crippen LogP contribution in [0.5, 0.6) is 0 Å². The van der Waals surface area contributed by atoms with Gasteiger partial charge in [0.15, 0.2) is 0 Å². The monoisotopic (exact) mass is 349 g/mol. The molecule has 1 atom stereocenters. The van der Waals surface area contributed by atoms with Gasteiger partial charge in [0.25, 0.3) is 0 Å². The van der Waals surface area contributed by atoms with Gasteiger partial charge >= 0.3 is 0 Å². The molecule has 0 aliphatic carbocycles. The molecule has 0 spiro atoms. The molecule has 0 heterocycles. The van der Waals surface area contributed by atoms with Crippen molar-refractivity contribution in [2.24, 2.45) is 0 Å². The maximum Gasteiger partial charge on any atom is 0.205 e. The van der Waals surface area contributed by atoms with Crippen molar-refractivity contribution in [1.82, 2.24) is 5.09 Å². The Morgan fingerprint density at radius 3 is 1.88 bits per heavy atom. The third-order valence-corrected chi connectivity index (χ3v) is 7.16. The van der Waals surface area contributed by atoms with Gasteiger partial charge in [0.2, 0.25) is 7.29 Å². The fourth-order valence-corrected chi connectivity index (χ4v) is 5.63. The van der Waals surface area contributed by atoms with Crippen molar-refractivity contribution in [3.05, 3.63) is 96.1 Å². The molecule has 128 valence electrons. The Hall–Kier alpha value is -2.15. The molecular weight excluding hydrogens is 325 g/mol. The van der Waals surface area contributed by atoms with Gasteiger partial charge in [0.05, 0.1) is 0 Å². The van der Waals surface area contributed by atoms with E-state index in [1.54, 1.807) is 0 Å². The number of aryl methyl sites for hydroxylation is 1. The lowest BCUT2D eigenvalue weighted by molar-refractivity contribution is 0.555. The highest BCUT2D eigenvalue weighted by Crippen LogP contribution is 2.42. The van der Waals surface area contributed by atoms with Crippen molar-refractivity contribution in [2.75, 3.05) is 0 Å². The summed E-state index contributed by atoms with van der Waals surface area (Å²) in [7, 11) is -2.93. The zero-order chi connectivity index (χ0) is 17.7. The summed E-state index contributed by atoms with van der Waals surface area (Å²) >= 11 is 0. The Bertz CT molecular complexity index is 818. The van der Waals surface area contributed by atoms with Crippen molar-refractivity contribution in [2.45, 2.75) is 26.3 Å². The largest absolute Gasteiger partial charge is 0.297 e. The molecule has 0 fully saturated rings. The van der Waals surface area contributed by atoms with Gasteiger partial charge in [-0.1, -0.05) is 73.2 Å². The lowest BCUT2D eigenvalue weighted by atomic mass is 10.0. The van der Waals surface area contributed by atoms with Crippen LogP contribution in [0.4, 0.5) is 0 Å². The van der Waals surface area contributed by atoms with E-state index >= 15 is 0 Å². The lowest BCUT2D eigenvalue weighted by Crippen LogP contribution is -2.30. The Balaban J connectivity index is 2.05. The summed E-state index contributed by atoms with van der Waals surface area (Å²) in [6.45, 7) is 4.21. The van der Waals surface area contributed by atoms with Crippen LogP contribution in [0.3, 0.4) is 0 Å². The molecule has 3 aromatic carbocycles. The molecule has 1 N–H and O–H groups in total. The van der Waals surface area contributed by atoms with Crippen LogP contribution in [0.1, 0.15) is 30.5 Å². The minimum absolute atomic E-state index is 0.0335. The summed E-state index contributed by atoms with van der Waals surface area (Å²) in [5.74, 6) is 0. The molecule has 3 rings (SSSR count). The Kier molecular flexibility index (Phi) is 5.53. The average Bonchev–Trinajstić information content (AvgIpc) is 2.67. The molecule has 0 bridgehead atoms. The van der Waals surface area contributed by atoms with Gasteiger partial charge in [-0.25, -0.2) is 0 Å². The summed E-state index contributed by atoms with van der Waals surface area (Å²) in [5.41, 5.74) is 2.39. The van der Waals surface area contributed by atoms with E-state index in [0.717, 1.165) is 17.0 Å². The highest BCUT2D eigenvalue weighted by atomic mass is 31.2. The first-order valence-corrected chi connectivity index (χ1v) is 10.4. The second-order valence-electron chi connectivity index (χ2n) is 6.28. The second-order valence-corrected chi connectivity index (χ2v) is 8.79. The molecule has 25 heavy (non-hydrogen) atoms. The van der Waals surface area contributed by atoms with Crippen LogP contribution >= 0.6 is 7.29 Å². The molecular formula is C22H24NOP. The number of nitrogens with one attached hydrogen (secondary N) is 1. The van der Waals surface area contributed by atoms with Gasteiger partial charge in [0, 0.05) is 16.7 Å². The van der Waals surface area contributed by atoms with Gasteiger partial charge in [0.1, 0.15) is 0 Å². The van der Waals surface area contributed by atoms with E-state index < -0.39 is 7.29 Å². The predicted molar refractivity (Wildman–Crippen MR) is 107 cm³/mol. The Morgan fingerprint density at radius 1 is 0.840 bits per heavy atom. The van der Waals surface area contributed by atoms with Gasteiger partial charge < -0.3 is 0 Å². The fraction of sp³-hybridized carbons (Fsp3) is 0.182. The number of hydrogen-bond donors (Lipinski definition) is 1. The molecule has 0 saturated carbocycles. The first kappa shape index (κ1) is 17.7. The van der Waals surface area contributed by atoms with E-state index in [9.17, 15) is 4.57 Å². The summed E-state index contributed by atoms with van der Waals surface area (Å²) in [6, 6.07) is 27.9. The fourth-order valence-electron chi connectivity index (χ4n) is 3.08. The third-order valence-electron chi connectivity index (χ3n) is 4.43. The number of benzene rings is 3. The van der Waals surface area contributed by atoms with Crippen molar-refractivity contribution in [3.8, 4) is 0 Å². The standard InChI is InChI=1S/C22H24NOP/c1-3-22(19-12-10-11-18(2)17-19)23-25(24,20-13-6-4-7-14-20)21-15-8-5-9-16-21/h4-17,22H,3H2,1-2H3,(H,23,24)/t22-/m0/s1. The smallest absolute Gasteiger partial charge is 0.205 e. The summed E-state index contributed by atoms with van der Waals surface area (Å²) in [4.78, 5) is 0. The molecule has 0 aliphatic heterocycles. The minimum atomic E-state index is -2.93. The topological polar surface area (TPSA) is 29.1 Å². The van der Waals surface area contributed by atoms with Crippen LogP contribution in [0.2, 0.25) is 0 Å². The van der Waals surface area contributed by atoms with Crippen molar-refractivity contribution in [1.29, 1.82) is 0 Å². The predicted octanol–water partition coefficient (Wildman–Crippen LogP) is 4.96. The zero-order valence-corrected chi connectivity index (χ0v) is 15.6. The van der Waals surface area contributed by atoms with E-state index in [1.807, 2.05) is 60.7 Å². The molecule has 0 aliphatic rings. The molecule has 3 aromatic rings. The number of hydrogen-bond acceptors (Lipinski definition) is 1. The first-order chi connectivity index (χ1) is 12.1. The highest BCUT2D eigenvalue weighted by Gasteiger charge is 2.30. The summed E-state index contributed by atoms with van der Waals surface area (Å²) in [6.07, 6.45) is 0.868. The van der Waals surface area contributed by atoms with E-state index in [1.165, 1.54) is 11.1 Å². The molecule has 0 radical (unpaired) electrons. The first-order valence-electron chi connectivity index (χ1n) is 8.69. The van der Waals surface area contributed by atoms with Crippen LogP contribution in [-0.2, 0) is 4.57 Å². The van der Waals surface area contributed by atoms with Crippen LogP contribution in [0.25, 0.3) is 0 Å². The van der Waals surface area contributed by atoms with E-state index in [-0.39, 0.29) is 6.04 Å². The van der Waals surface area contributed by atoms with Crippen LogP contribution in [-0.4, -0.2) is 0 Å². The van der Waals surface area contributed by atoms with Crippen molar-refractivity contribution in [3.63, 3.8) is 0 Å². The van der Waals surface area contributed by atoms with Crippen LogP contribution < -0.4 is 15.7 Å². The summed E-state index contributed by atoms with van der Waals surface area (Å²) < 4.78 is 14.1. The van der Waals surface area contributed by atoms with Gasteiger partial charge in [-0.05, 0) is 43.2 Å².